The molecule has 0 aliphatic rings. The highest BCUT2D eigenvalue weighted by atomic mass is 79.9. The van der Waals surface area contributed by atoms with Crippen molar-refractivity contribution in [1.29, 1.82) is 0 Å². The Hall–Kier alpha value is -2.72. The minimum Gasteiger partial charge on any atom is -0.345 e. The number of nitrogens with zero attached hydrogens (tertiary/aromatic N) is 2. The van der Waals surface area contributed by atoms with E-state index in [4.69, 9.17) is 0 Å². The molecule has 2 N–H and O–H groups in total. The molecule has 2 amide bonds. The Balaban J connectivity index is 1.70. The molecule has 0 radical (unpaired) electrons. The molecule has 1 heterocycles. The van der Waals surface area contributed by atoms with E-state index in [1.54, 1.807) is 42.5 Å². The lowest BCUT2D eigenvalue weighted by molar-refractivity contribution is -0.124. The third-order valence-corrected chi connectivity index (χ3v) is 5.51. The van der Waals surface area contributed by atoms with Gasteiger partial charge in [0.2, 0.25) is 26.8 Å². The number of para-hydroxylation sites is 3. The summed E-state index contributed by atoms with van der Waals surface area (Å²) in [5.74, 6) is -0.908. The summed E-state index contributed by atoms with van der Waals surface area (Å²) in [6.45, 7) is -0.522. The molecule has 0 unspecified atom stereocenters. The van der Waals surface area contributed by atoms with Gasteiger partial charge in [-0.2, -0.15) is 0 Å². The number of aromatic nitrogens is 2. The number of anilines is 1. The molecule has 10 heteroatoms. The van der Waals surface area contributed by atoms with E-state index in [-0.39, 0.29) is 18.2 Å². The van der Waals surface area contributed by atoms with Crippen LogP contribution < -0.4 is 10.6 Å². The number of amides is 2. The predicted molar refractivity (Wildman–Crippen MR) is 109 cm³/mol. The van der Waals surface area contributed by atoms with Gasteiger partial charge < -0.3 is 15.2 Å². The molecule has 1 aromatic heterocycles. The number of halogens is 1. The topological polar surface area (TPSA) is 110 Å². The second kappa shape index (κ2) is 8.11. The van der Waals surface area contributed by atoms with Crippen molar-refractivity contribution in [2.45, 2.75) is 11.7 Å². The van der Waals surface area contributed by atoms with Gasteiger partial charge in [0.15, 0.2) is 0 Å². The summed E-state index contributed by atoms with van der Waals surface area (Å²) in [6, 6.07) is 13.9. The average molecular weight is 465 g/mol. The number of hydrogen-bond donors (Lipinski definition) is 2. The number of carbonyl (C=O) groups excluding carboxylic acids is 2. The molecule has 146 valence electrons. The molecule has 0 spiro atoms. The van der Waals surface area contributed by atoms with Crippen molar-refractivity contribution in [2.24, 2.45) is 0 Å². The maximum absolute atomic E-state index is 12.3. The van der Waals surface area contributed by atoms with Gasteiger partial charge in [-0.05, 0) is 40.2 Å². The summed E-state index contributed by atoms with van der Waals surface area (Å²) in [4.78, 5) is 28.5. The molecular weight excluding hydrogens is 448 g/mol. The molecule has 0 aliphatic carbocycles. The van der Waals surface area contributed by atoms with Crippen LogP contribution in [0.5, 0.6) is 0 Å². The first-order valence-electron chi connectivity index (χ1n) is 8.22. The maximum Gasteiger partial charge on any atom is 0.243 e. The summed E-state index contributed by atoms with van der Waals surface area (Å²) < 4.78 is 26.1. The van der Waals surface area contributed by atoms with Gasteiger partial charge in [-0.1, -0.05) is 24.3 Å². The van der Waals surface area contributed by atoms with Crippen LogP contribution in [0.1, 0.15) is 0 Å². The first kappa shape index (κ1) is 20.0. The van der Waals surface area contributed by atoms with Gasteiger partial charge >= 0.3 is 0 Å². The van der Waals surface area contributed by atoms with Crippen molar-refractivity contribution in [3.63, 3.8) is 0 Å². The highest BCUT2D eigenvalue weighted by molar-refractivity contribution is 9.10. The Bertz CT molecular complexity index is 1160. The van der Waals surface area contributed by atoms with Crippen molar-refractivity contribution < 1.29 is 18.0 Å². The zero-order chi connectivity index (χ0) is 20.3. The quantitative estimate of drug-likeness (QED) is 0.579. The largest absolute Gasteiger partial charge is 0.345 e. The van der Waals surface area contributed by atoms with Crippen LogP contribution in [0, 0.1) is 0 Å². The lowest BCUT2D eigenvalue weighted by atomic mass is 10.3. The fraction of sp³-hybridized carbons (Fsp3) is 0.167. The van der Waals surface area contributed by atoms with Crippen LogP contribution in [0.15, 0.2) is 58.2 Å². The molecular formula is C18H17BrN4O4S. The number of benzene rings is 2. The van der Waals surface area contributed by atoms with Crippen LogP contribution in [-0.4, -0.2) is 42.6 Å². The van der Waals surface area contributed by atoms with Crippen molar-refractivity contribution in [1.82, 2.24) is 14.9 Å². The zero-order valence-corrected chi connectivity index (χ0v) is 17.2. The van der Waals surface area contributed by atoms with Gasteiger partial charge in [-0.15, -0.1) is 0 Å². The fourth-order valence-electron chi connectivity index (χ4n) is 2.62. The monoisotopic (exact) mass is 464 g/mol. The van der Waals surface area contributed by atoms with E-state index in [2.05, 4.69) is 31.5 Å². The molecule has 2 aromatic carbocycles. The van der Waals surface area contributed by atoms with Gasteiger partial charge in [0.05, 0.1) is 23.3 Å². The minimum absolute atomic E-state index is 0.193. The summed E-state index contributed by atoms with van der Waals surface area (Å²) in [7, 11) is -3.63. The van der Waals surface area contributed by atoms with E-state index in [1.165, 1.54) is 4.57 Å². The first-order chi connectivity index (χ1) is 13.3. The molecule has 8 nitrogen and oxygen atoms in total. The molecule has 3 rings (SSSR count). The number of nitrogens with one attached hydrogen (secondary N) is 2. The van der Waals surface area contributed by atoms with Crippen LogP contribution in [0.3, 0.4) is 0 Å². The van der Waals surface area contributed by atoms with Crippen LogP contribution in [0.25, 0.3) is 11.0 Å². The predicted octanol–water partition coefficient (Wildman–Crippen LogP) is 1.96. The Labute approximate surface area is 170 Å². The van der Waals surface area contributed by atoms with E-state index in [0.29, 0.717) is 16.7 Å². The number of rotatable bonds is 6. The van der Waals surface area contributed by atoms with E-state index in [1.807, 2.05) is 6.07 Å². The van der Waals surface area contributed by atoms with E-state index in [9.17, 15) is 18.0 Å². The number of fused-ring (bicyclic) bond motifs is 1. The molecule has 0 atom stereocenters. The lowest BCUT2D eigenvalue weighted by Crippen LogP contribution is -2.35. The van der Waals surface area contributed by atoms with Crippen molar-refractivity contribution in [2.75, 3.05) is 18.1 Å². The summed E-state index contributed by atoms with van der Waals surface area (Å²) >= 11 is 3.32. The van der Waals surface area contributed by atoms with Gasteiger partial charge in [-0.25, -0.2) is 13.4 Å². The van der Waals surface area contributed by atoms with Gasteiger partial charge in [0, 0.05) is 10.7 Å². The van der Waals surface area contributed by atoms with E-state index >= 15 is 0 Å². The number of hydrogen-bond acceptors (Lipinski definition) is 5. The third kappa shape index (κ3) is 4.57. The third-order valence-electron chi connectivity index (χ3n) is 3.85. The second-order valence-corrected chi connectivity index (χ2v) is 8.81. The second-order valence-electron chi connectivity index (χ2n) is 6.05. The van der Waals surface area contributed by atoms with Crippen LogP contribution in [0.4, 0.5) is 5.69 Å². The van der Waals surface area contributed by atoms with Gasteiger partial charge in [0.1, 0.15) is 6.54 Å². The standard InChI is InChI=1S/C18H17BrN4O4S/c1-28(26,27)18-22-14-8-4-5-9-15(14)23(18)11-17(25)20-10-16(24)21-13-7-3-2-6-12(13)19/h2-9H,10-11H2,1H3,(H,20,25)(H,21,24). The molecule has 0 aliphatic heterocycles. The normalized spacial score (nSPS) is 11.4. The molecule has 0 saturated heterocycles. The van der Waals surface area contributed by atoms with Crippen molar-refractivity contribution >= 4 is 54.3 Å². The number of imidazole rings is 1. The average Bonchev–Trinajstić information content (AvgIpc) is 3.01. The highest BCUT2D eigenvalue weighted by Gasteiger charge is 2.21. The van der Waals surface area contributed by atoms with Crippen molar-refractivity contribution in [3.8, 4) is 0 Å². The summed E-state index contributed by atoms with van der Waals surface area (Å²) in [5.41, 5.74) is 1.58. The van der Waals surface area contributed by atoms with E-state index in [0.717, 1.165) is 10.7 Å². The highest BCUT2D eigenvalue weighted by Crippen LogP contribution is 2.21. The first-order valence-corrected chi connectivity index (χ1v) is 10.9. The van der Waals surface area contributed by atoms with E-state index < -0.39 is 21.7 Å². The van der Waals surface area contributed by atoms with Crippen LogP contribution >= 0.6 is 15.9 Å². The van der Waals surface area contributed by atoms with Gasteiger partial charge in [0.25, 0.3) is 0 Å². The smallest absolute Gasteiger partial charge is 0.243 e. The van der Waals surface area contributed by atoms with Crippen molar-refractivity contribution in [3.05, 3.63) is 53.0 Å². The SMILES string of the molecule is CS(=O)(=O)c1nc2ccccc2n1CC(=O)NCC(=O)Nc1ccccc1Br. The molecule has 0 fully saturated rings. The minimum atomic E-state index is -3.63. The Morgan fingerprint density at radius 3 is 2.46 bits per heavy atom. The zero-order valence-electron chi connectivity index (χ0n) is 14.8. The molecule has 0 bridgehead atoms. The Kier molecular flexibility index (Phi) is 5.80. The van der Waals surface area contributed by atoms with Gasteiger partial charge in [-0.3, -0.25) is 9.59 Å². The fourth-order valence-corrected chi connectivity index (χ4v) is 3.84. The summed E-state index contributed by atoms with van der Waals surface area (Å²) in [6.07, 6.45) is 1.04. The number of sulfone groups is 1. The Morgan fingerprint density at radius 2 is 1.75 bits per heavy atom. The molecule has 28 heavy (non-hydrogen) atoms. The maximum atomic E-state index is 12.3. The molecule has 0 saturated carbocycles. The Morgan fingerprint density at radius 1 is 1.07 bits per heavy atom. The number of carbonyl (C=O) groups is 2. The van der Waals surface area contributed by atoms with Crippen LogP contribution in [-0.2, 0) is 26.0 Å². The summed E-state index contributed by atoms with van der Waals surface area (Å²) in [5, 5.41) is 4.98. The molecule has 3 aromatic rings. The lowest BCUT2D eigenvalue weighted by Gasteiger charge is -2.10. The van der Waals surface area contributed by atoms with Crippen LogP contribution in [0.2, 0.25) is 0 Å².